The van der Waals surface area contributed by atoms with Crippen molar-refractivity contribution in [1.82, 2.24) is 0 Å². The number of ketones is 1. The third-order valence-corrected chi connectivity index (χ3v) is 10.3. The smallest absolute Gasteiger partial charge is 0.462 e. The van der Waals surface area contributed by atoms with E-state index in [-0.39, 0.29) is 51.2 Å². The van der Waals surface area contributed by atoms with E-state index in [2.05, 4.69) is 50.3 Å². The molecule has 0 aliphatic rings. The van der Waals surface area contributed by atoms with E-state index in [0.29, 0.717) is 6.42 Å². The first-order chi connectivity index (χ1) is 28.2. The van der Waals surface area contributed by atoms with Gasteiger partial charge < -0.3 is 20.1 Å². The first kappa shape index (κ1) is 55.4. The quantitative estimate of drug-likeness (QED) is 0.0152. The number of carbonyl (C=O) groups is 3. The van der Waals surface area contributed by atoms with E-state index in [0.717, 1.165) is 38.5 Å². The molecule has 0 aliphatic heterocycles. The number of rotatable bonds is 42. The lowest BCUT2D eigenvalue weighted by molar-refractivity contribution is -0.161. The molecule has 0 saturated heterocycles. The molecule has 0 fully saturated rings. The van der Waals surface area contributed by atoms with Gasteiger partial charge in [0.2, 0.25) is 0 Å². The SMILES string of the molecule is CCCCC/C=C\C/C=C\C/C=C\C=C\C(=O)CCCC(=O)OC[C@H](COP(=O)(O)OCCN)OC(=O)CCCCCCCCCCC/C=C\CCCCCCCC. The Hall–Kier alpha value is -2.62. The van der Waals surface area contributed by atoms with Crippen molar-refractivity contribution < 1.29 is 42.4 Å². The fourth-order valence-electron chi connectivity index (χ4n) is 5.94. The van der Waals surface area contributed by atoms with Crippen LogP contribution in [0.2, 0.25) is 0 Å². The summed E-state index contributed by atoms with van der Waals surface area (Å²) in [6, 6.07) is 0. The molecule has 0 saturated carbocycles. The van der Waals surface area contributed by atoms with E-state index in [1.807, 2.05) is 12.2 Å². The lowest BCUT2D eigenvalue weighted by Crippen LogP contribution is -2.29. The van der Waals surface area contributed by atoms with Gasteiger partial charge in [0.25, 0.3) is 0 Å². The highest BCUT2D eigenvalue weighted by Crippen LogP contribution is 2.43. The number of allylic oxidation sites excluding steroid dienone is 10. The highest BCUT2D eigenvalue weighted by Gasteiger charge is 2.26. The molecule has 0 aromatic carbocycles. The average molecular weight is 836 g/mol. The second-order valence-corrected chi connectivity index (χ2v) is 16.4. The van der Waals surface area contributed by atoms with Gasteiger partial charge in [0.15, 0.2) is 11.9 Å². The first-order valence-electron chi connectivity index (χ1n) is 22.7. The molecule has 1 unspecified atom stereocenters. The maximum atomic E-state index is 12.6. The van der Waals surface area contributed by atoms with Gasteiger partial charge in [0, 0.05) is 25.8 Å². The number of phosphoric ester groups is 1. The van der Waals surface area contributed by atoms with Crippen LogP contribution in [0.5, 0.6) is 0 Å². The Bertz CT molecular complexity index is 1200. The zero-order chi connectivity index (χ0) is 42.6. The normalized spacial score (nSPS) is 13.7. The molecule has 0 spiro atoms. The second-order valence-electron chi connectivity index (χ2n) is 14.9. The third-order valence-electron chi connectivity index (χ3n) is 9.35. The number of hydrogen-bond donors (Lipinski definition) is 2. The van der Waals surface area contributed by atoms with E-state index in [9.17, 15) is 23.8 Å². The summed E-state index contributed by atoms with van der Waals surface area (Å²) in [7, 11) is -4.44. The average Bonchev–Trinajstić information content (AvgIpc) is 3.20. The molecule has 10 nitrogen and oxygen atoms in total. The molecular weight excluding hydrogens is 753 g/mol. The molecule has 0 rings (SSSR count). The standard InChI is InChI=1S/C47H82NO9P/c1-3-5-7-9-11-13-15-17-18-19-20-21-22-24-26-28-30-32-34-38-47(51)57-45(43-56-58(52,53)55-41-40-48)42-54-46(50)39-35-37-44(49)36-33-31-29-27-25-23-16-14-12-10-8-6-4-2/h12,14,17-18,23,25,29,31,33,36,45H,3-11,13,15-16,19-22,24,26-28,30,32,34-35,37-43,48H2,1-2H3,(H,52,53)/b14-12-,18-17-,25-23-,31-29-,36-33+/t45-/m1/s1. The Kier molecular flexibility index (Phi) is 40.6. The maximum Gasteiger partial charge on any atom is 0.472 e. The summed E-state index contributed by atoms with van der Waals surface area (Å²) in [6.07, 6.45) is 46.8. The topological polar surface area (TPSA) is 151 Å². The van der Waals surface area contributed by atoms with Crippen molar-refractivity contribution >= 4 is 25.5 Å². The van der Waals surface area contributed by atoms with Crippen LogP contribution in [-0.2, 0) is 37.5 Å². The minimum atomic E-state index is -4.44. The summed E-state index contributed by atoms with van der Waals surface area (Å²) in [5, 5.41) is 0. The molecule has 334 valence electrons. The third kappa shape index (κ3) is 41.5. The van der Waals surface area contributed by atoms with Crippen LogP contribution < -0.4 is 5.73 Å². The highest BCUT2D eigenvalue weighted by atomic mass is 31.2. The molecule has 0 aliphatic carbocycles. The fourth-order valence-corrected chi connectivity index (χ4v) is 6.70. The Morgan fingerprint density at radius 1 is 0.569 bits per heavy atom. The van der Waals surface area contributed by atoms with Crippen LogP contribution in [0, 0.1) is 0 Å². The first-order valence-corrected chi connectivity index (χ1v) is 24.2. The molecule has 0 aromatic rings. The van der Waals surface area contributed by atoms with Crippen LogP contribution >= 0.6 is 7.82 Å². The summed E-state index contributed by atoms with van der Waals surface area (Å²) >= 11 is 0. The number of carbonyl (C=O) groups excluding carboxylic acids is 3. The van der Waals surface area contributed by atoms with Crippen molar-refractivity contribution in [2.75, 3.05) is 26.4 Å². The van der Waals surface area contributed by atoms with Crippen LogP contribution in [-0.4, -0.2) is 55.1 Å². The summed E-state index contributed by atoms with van der Waals surface area (Å²) in [5.74, 6) is -1.19. The van der Waals surface area contributed by atoms with Crippen molar-refractivity contribution in [2.45, 2.75) is 193 Å². The van der Waals surface area contributed by atoms with E-state index < -0.39 is 32.5 Å². The lowest BCUT2D eigenvalue weighted by Gasteiger charge is -2.19. The Balaban J connectivity index is 4.31. The van der Waals surface area contributed by atoms with Crippen LogP contribution in [0.4, 0.5) is 0 Å². The number of nitrogens with two attached hydrogens (primary N) is 1. The van der Waals surface area contributed by atoms with Gasteiger partial charge in [-0.15, -0.1) is 0 Å². The number of hydrogen-bond acceptors (Lipinski definition) is 9. The minimum Gasteiger partial charge on any atom is -0.462 e. The molecule has 11 heteroatoms. The van der Waals surface area contributed by atoms with E-state index in [1.165, 1.54) is 109 Å². The van der Waals surface area contributed by atoms with Gasteiger partial charge >= 0.3 is 19.8 Å². The zero-order valence-electron chi connectivity index (χ0n) is 36.5. The van der Waals surface area contributed by atoms with Gasteiger partial charge in [-0.1, -0.05) is 158 Å². The van der Waals surface area contributed by atoms with Gasteiger partial charge in [-0.05, 0) is 70.3 Å². The number of unbranched alkanes of at least 4 members (excludes halogenated alkanes) is 18. The molecule has 0 heterocycles. The molecule has 0 bridgehead atoms. The maximum absolute atomic E-state index is 12.6. The summed E-state index contributed by atoms with van der Waals surface area (Å²) in [4.78, 5) is 47.1. The Morgan fingerprint density at radius 3 is 1.69 bits per heavy atom. The van der Waals surface area contributed by atoms with Gasteiger partial charge in [0.1, 0.15) is 6.61 Å². The predicted octanol–water partition coefficient (Wildman–Crippen LogP) is 12.5. The monoisotopic (exact) mass is 836 g/mol. The van der Waals surface area contributed by atoms with Gasteiger partial charge in [-0.25, -0.2) is 4.57 Å². The highest BCUT2D eigenvalue weighted by molar-refractivity contribution is 7.47. The summed E-state index contributed by atoms with van der Waals surface area (Å²) < 4.78 is 32.6. The summed E-state index contributed by atoms with van der Waals surface area (Å²) in [6.45, 7) is 3.42. The van der Waals surface area contributed by atoms with E-state index in [1.54, 1.807) is 6.08 Å². The molecule has 0 amide bonds. The molecular formula is C47H82NO9P. The van der Waals surface area contributed by atoms with Crippen LogP contribution in [0.25, 0.3) is 0 Å². The van der Waals surface area contributed by atoms with Crippen LogP contribution in [0.15, 0.2) is 60.8 Å². The van der Waals surface area contributed by atoms with Crippen molar-refractivity contribution in [1.29, 1.82) is 0 Å². The fraction of sp³-hybridized carbons (Fsp3) is 0.723. The number of ether oxygens (including phenoxy) is 2. The predicted molar refractivity (Wildman–Crippen MR) is 238 cm³/mol. The molecule has 0 aromatic heterocycles. The molecule has 58 heavy (non-hydrogen) atoms. The zero-order valence-corrected chi connectivity index (χ0v) is 37.4. The van der Waals surface area contributed by atoms with Crippen molar-refractivity contribution in [3.05, 3.63) is 60.8 Å². The van der Waals surface area contributed by atoms with E-state index in [4.69, 9.17) is 24.3 Å². The second kappa shape index (κ2) is 42.5. The van der Waals surface area contributed by atoms with Crippen molar-refractivity contribution in [2.24, 2.45) is 5.73 Å². The molecule has 0 radical (unpaired) electrons. The van der Waals surface area contributed by atoms with Crippen molar-refractivity contribution in [3.8, 4) is 0 Å². The Morgan fingerprint density at radius 2 is 1.07 bits per heavy atom. The molecule has 2 atom stereocenters. The van der Waals surface area contributed by atoms with Gasteiger partial charge in [0.05, 0.1) is 13.2 Å². The number of phosphoric acid groups is 1. The molecule has 3 N–H and O–H groups in total. The summed E-state index contributed by atoms with van der Waals surface area (Å²) in [5.41, 5.74) is 5.34. The van der Waals surface area contributed by atoms with E-state index >= 15 is 0 Å². The van der Waals surface area contributed by atoms with Crippen LogP contribution in [0.1, 0.15) is 187 Å². The van der Waals surface area contributed by atoms with Gasteiger partial charge in [-0.3, -0.25) is 23.4 Å². The van der Waals surface area contributed by atoms with Crippen LogP contribution in [0.3, 0.4) is 0 Å². The van der Waals surface area contributed by atoms with Gasteiger partial charge in [-0.2, -0.15) is 0 Å². The Labute approximate surface area is 353 Å². The lowest BCUT2D eigenvalue weighted by atomic mass is 10.1. The minimum absolute atomic E-state index is 0.0103. The van der Waals surface area contributed by atoms with Crippen molar-refractivity contribution in [3.63, 3.8) is 0 Å². The largest absolute Gasteiger partial charge is 0.472 e. The number of esters is 2.